The van der Waals surface area contributed by atoms with Crippen LogP contribution >= 0.6 is 0 Å². The Labute approximate surface area is 156 Å². The van der Waals surface area contributed by atoms with Gasteiger partial charge in [0.15, 0.2) is 0 Å². The minimum absolute atomic E-state index is 0.00803. The number of carbonyl (C=O) groups excluding carboxylic acids is 1. The Morgan fingerprint density at radius 1 is 1.30 bits per heavy atom. The van der Waals surface area contributed by atoms with Crippen LogP contribution < -0.4 is 10.6 Å². The van der Waals surface area contributed by atoms with Gasteiger partial charge in [-0.1, -0.05) is 35.5 Å². The van der Waals surface area contributed by atoms with Gasteiger partial charge in [-0.15, -0.1) is 5.10 Å². The van der Waals surface area contributed by atoms with E-state index < -0.39 is 5.97 Å². The molecule has 144 valence electrons. The van der Waals surface area contributed by atoms with Crippen molar-refractivity contribution in [2.45, 2.75) is 37.4 Å². The summed E-state index contributed by atoms with van der Waals surface area (Å²) in [5.74, 6) is -0.884. The largest absolute Gasteiger partial charge is 0.481 e. The Bertz CT molecular complexity index is 737. The fourth-order valence-electron chi connectivity index (χ4n) is 3.15. The van der Waals surface area contributed by atoms with Crippen LogP contribution in [-0.4, -0.2) is 57.4 Å². The fourth-order valence-corrected chi connectivity index (χ4v) is 3.15. The third kappa shape index (κ3) is 5.52. The molecule has 9 nitrogen and oxygen atoms in total. The van der Waals surface area contributed by atoms with Crippen LogP contribution in [0.2, 0.25) is 0 Å². The summed E-state index contributed by atoms with van der Waals surface area (Å²) in [6, 6.07) is 8.69. The van der Waals surface area contributed by atoms with E-state index in [4.69, 9.17) is 9.84 Å². The maximum atomic E-state index is 12.5. The first kappa shape index (κ1) is 18.8. The third-order valence-electron chi connectivity index (χ3n) is 4.51. The van der Waals surface area contributed by atoms with E-state index in [0.29, 0.717) is 26.1 Å². The number of rotatable bonds is 8. The minimum Gasteiger partial charge on any atom is -0.481 e. The Morgan fingerprint density at radius 3 is 2.81 bits per heavy atom. The maximum Gasteiger partial charge on any atom is 0.315 e. The van der Waals surface area contributed by atoms with Gasteiger partial charge in [-0.3, -0.25) is 4.79 Å². The minimum atomic E-state index is -0.884. The van der Waals surface area contributed by atoms with Gasteiger partial charge in [0.1, 0.15) is 0 Å². The van der Waals surface area contributed by atoms with Gasteiger partial charge in [0.05, 0.1) is 31.5 Å². The van der Waals surface area contributed by atoms with Crippen LogP contribution in [0.4, 0.5) is 4.79 Å². The van der Waals surface area contributed by atoms with Crippen LogP contribution in [0.5, 0.6) is 0 Å². The standard InChI is InChI=1S/C18H23N5O4/c24-17(25)7-6-14(10-13-4-2-1-3-5-13)20-18(26)21-15-11-27-12-16(15)23-9-8-19-22-23/h1-5,8-9,14-16H,6-7,10-12H2,(H,24,25)(H2,20,21,26)/t14?,15-,16+/m0/s1. The van der Waals surface area contributed by atoms with Gasteiger partial charge in [0.2, 0.25) is 0 Å². The zero-order valence-electron chi connectivity index (χ0n) is 14.8. The lowest BCUT2D eigenvalue weighted by Gasteiger charge is -2.23. The molecule has 1 aliphatic rings. The Morgan fingerprint density at radius 2 is 2.11 bits per heavy atom. The molecule has 0 saturated carbocycles. The number of hydrogen-bond donors (Lipinski definition) is 3. The van der Waals surface area contributed by atoms with Crippen LogP contribution in [0.3, 0.4) is 0 Å². The van der Waals surface area contributed by atoms with Gasteiger partial charge in [0.25, 0.3) is 0 Å². The van der Waals surface area contributed by atoms with Crippen LogP contribution in [-0.2, 0) is 16.0 Å². The van der Waals surface area contributed by atoms with Crippen LogP contribution in [0.1, 0.15) is 24.4 Å². The first-order chi connectivity index (χ1) is 13.1. The number of nitrogens with one attached hydrogen (secondary N) is 2. The topological polar surface area (TPSA) is 118 Å². The summed E-state index contributed by atoms with van der Waals surface area (Å²) in [7, 11) is 0. The number of urea groups is 1. The molecule has 0 spiro atoms. The summed E-state index contributed by atoms with van der Waals surface area (Å²) in [5.41, 5.74) is 1.04. The van der Waals surface area contributed by atoms with E-state index in [9.17, 15) is 9.59 Å². The van der Waals surface area contributed by atoms with Crippen molar-refractivity contribution < 1.29 is 19.4 Å². The second-order valence-corrected chi connectivity index (χ2v) is 6.53. The molecule has 2 heterocycles. The second-order valence-electron chi connectivity index (χ2n) is 6.53. The highest BCUT2D eigenvalue weighted by Crippen LogP contribution is 2.18. The molecule has 1 unspecified atom stereocenters. The molecule has 1 aliphatic heterocycles. The first-order valence-electron chi connectivity index (χ1n) is 8.88. The second kappa shape index (κ2) is 9.13. The van der Waals surface area contributed by atoms with Crippen molar-refractivity contribution in [3.63, 3.8) is 0 Å². The molecule has 3 rings (SSSR count). The SMILES string of the molecule is O=C(O)CCC(Cc1ccccc1)NC(=O)N[C@H]1COC[C@H]1n1ccnn1. The zero-order valence-corrected chi connectivity index (χ0v) is 14.8. The van der Waals surface area contributed by atoms with Crippen LogP contribution in [0.25, 0.3) is 0 Å². The average Bonchev–Trinajstić information content (AvgIpc) is 3.32. The highest BCUT2D eigenvalue weighted by Gasteiger charge is 2.32. The molecule has 0 bridgehead atoms. The molecule has 1 aromatic carbocycles. The highest BCUT2D eigenvalue weighted by atomic mass is 16.5. The normalized spacial score (nSPS) is 20.1. The third-order valence-corrected chi connectivity index (χ3v) is 4.51. The number of aliphatic carboxylic acids is 1. The number of ether oxygens (including phenoxy) is 1. The molecule has 2 amide bonds. The van der Waals surface area contributed by atoms with E-state index in [2.05, 4.69) is 20.9 Å². The van der Waals surface area contributed by atoms with Crippen molar-refractivity contribution in [1.29, 1.82) is 0 Å². The lowest BCUT2D eigenvalue weighted by Crippen LogP contribution is -2.49. The molecule has 2 aromatic rings. The molecular formula is C18H23N5O4. The number of carboxylic acids is 1. The Hall–Kier alpha value is -2.94. The van der Waals surface area contributed by atoms with Gasteiger partial charge >= 0.3 is 12.0 Å². The van der Waals surface area contributed by atoms with E-state index >= 15 is 0 Å². The van der Waals surface area contributed by atoms with Crippen LogP contribution in [0, 0.1) is 0 Å². The molecule has 27 heavy (non-hydrogen) atoms. The van der Waals surface area contributed by atoms with E-state index in [1.54, 1.807) is 17.1 Å². The van der Waals surface area contributed by atoms with Gasteiger partial charge in [-0.2, -0.15) is 0 Å². The number of nitrogens with zero attached hydrogens (tertiary/aromatic N) is 3. The predicted octanol–water partition coefficient (Wildman–Crippen LogP) is 0.993. The van der Waals surface area contributed by atoms with E-state index in [-0.39, 0.29) is 30.6 Å². The van der Waals surface area contributed by atoms with Crippen LogP contribution in [0.15, 0.2) is 42.7 Å². The summed E-state index contributed by atoms with van der Waals surface area (Å²) in [4.78, 5) is 23.4. The number of carboxylic acid groups (broad SMARTS) is 1. The number of carbonyl (C=O) groups is 2. The lowest BCUT2D eigenvalue weighted by atomic mass is 10.0. The molecule has 3 atom stereocenters. The highest BCUT2D eigenvalue weighted by molar-refractivity contribution is 5.75. The molecule has 3 N–H and O–H groups in total. The zero-order chi connectivity index (χ0) is 19.1. The van der Waals surface area contributed by atoms with Crippen molar-refractivity contribution in [1.82, 2.24) is 25.6 Å². The molecule has 0 radical (unpaired) electrons. The summed E-state index contributed by atoms with van der Waals surface area (Å²) >= 11 is 0. The smallest absolute Gasteiger partial charge is 0.315 e. The van der Waals surface area contributed by atoms with E-state index in [0.717, 1.165) is 5.56 Å². The predicted molar refractivity (Wildman–Crippen MR) is 96.1 cm³/mol. The number of benzene rings is 1. The van der Waals surface area contributed by atoms with E-state index in [1.165, 1.54) is 0 Å². The molecule has 1 aromatic heterocycles. The van der Waals surface area contributed by atoms with Crippen molar-refractivity contribution in [2.75, 3.05) is 13.2 Å². The average molecular weight is 373 g/mol. The van der Waals surface area contributed by atoms with Crippen molar-refractivity contribution in [3.8, 4) is 0 Å². The van der Waals surface area contributed by atoms with Gasteiger partial charge < -0.3 is 20.5 Å². The Kier molecular flexibility index (Phi) is 6.37. The molecular weight excluding hydrogens is 350 g/mol. The van der Waals surface area contributed by atoms with Crippen molar-refractivity contribution in [2.24, 2.45) is 0 Å². The molecule has 9 heteroatoms. The summed E-state index contributed by atoms with van der Waals surface area (Å²) < 4.78 is 7.14. The quantitative estimate of drug-likeness (QED) is 0.635. The molecule has 1 fully saturated rings. The van der Waals surface area contributed by atoms with Crippen molar-refractivity contribution >= 4 is 12.0 Å². The number of amides is 2. The van der Waals surface area contributed by atoms with Gasteiger partial charge in [0, 0.05) is 18.7 Å². The van der Waals surface area contributed by atoms with Gasteiger partial charge in [-0.25, -0.2) is 9.48 Å². The first-order valence-corrected chi connectivity index (χ1v) is 8.88. The Balaban J connectivity index is 1.58. The summed E-state index contributed by atoms with van der Waals surface area (Å²) in [6.07, 6.45) is 4.22. The monoisotopic (exact) mass is 373 g/mol. The van der Waals surface area contributed by atoms with E-state index in [1.807, 2.05) is 30.3 Å². The molecule has 1 saturated heterocycles. The molecule has 0 aliphatic carbocycles. The summed E-state index contributed by atoms with van der Waals surface area (Å²) in [5, 5.41) is 22.5. The summed E-state index contributed by atoms with van der Waals surface area (Å²) in [6.45, 7) is 0.831. The maximum absolute atomic E-state index is 12.5. The van der Waals surface area contributed by atoms with Gasteiger partial charge in [-0.05, 0) is 18.4 Å². The fraction of sp³-hybridized carbons (Fsp3) is 0.444. The number of hydrogen-bond acceptors (Lipinski definition) is 5. The van der Waals surface area contributed by atoms with Crippen molar-refractivity contribution in [3.05, 3.63) is 48.3 Å². The number of aromatic nitrogens is 3. The lowest BCUT2D eigenvalue weighted by molar-refractivity contribution is -0.137.